The molecule has 1 heterocycles. The minimum atomic E-state index is -1.12. The number of benzene rings is 1. The molecule has 0 aliphatic carbocycles. The summed E-state index contributed by atoms with van der Waals surface area (Å²) < 4.78 is 1.70. The van der Waals surface area contributed by atoms with E-state index in [0.29, 0.717) is 12.1 Å². The van der Waals surface area contributed by atoms with E-state index in [1.165, 1.54) is 0 Å². The maximum atomic E-state index is 12.4. The molecule has 0 fully saturated rings. The van der Waals surface area contributed by atoms with Crippen molar-refractivity contribution >= 4 is 0 Å². The minimum Gasteiger partial charge on any atom is -0.386 e. The molecular formula is C16H19NO2. The molecule has 0 saturated heterocycles. The first-order chi connectivity index (χ1) is 8.95. The first kappa shape index (κ1) is 13.6. The summed E-state index contributed by atoms with van der Waals surface area (Å²) in [7, 11) is 0. The van der Waals surface area contributed by atoms with Crippen LogP contribution < -0.4 is 5.56 Å². The molecule has 0 bridgehead atoms. The molecule has 19 heavy (non-hydrogen) atoms. The fraction of sp³-hybridized carbons (Fsp3) is 0.312. The summed E-state index contributed by atoms with van der Waals surface area (Å²) in [5, 5.41) is 10.0. The Hall–Kier alpha value is -1.87. The van der Waals surface area contributed by atoms with Crippen LogP contribution in [0.25, 0.3) is 11.3 Å². The fourth-order valence-electron chi connectivity index (χ4n) is 2.22. The van der Waals surface area contributed by atoms with Gasteiger partial charge in [-0.15, -0.1) is 0 Å². The van der Waals surface area contributed by atoms with E-state index in [9.17, 15) is 9.90 Å². The molecule has 0 unspecified atom stereocenters. The third kappa shape index (κ3) is 2.61. The standard InChI is InChI=1S/C16H19NO2/c1-4-17-14(12-8-6-5-7-9-12)11-10-13(15(17)18)16(2,3)19/h5-11,19H,4H2,1-3H3. The molecule has 3 nitrogen and oxygen atoms in total. The lowest BCUT2D eigenvalue weighted by atomic mass is 9.98. The third-order valence-corrected chi connectivity index (χ3v) is 3.22. The summed E-state index contributed by atoms with van der Waals surface area (Å²) in [6.45, 7) is 5.77. The zero-order chi connectivity index (χ0) is 14.0. The van der Waals surface area contributed by atoms with Crippen LogP contribution in [0.2, 0.25) is 0 Å². The summed E-state index contributed by atoms with van der Waals surface area (Å²) in [5.41, 5.74) is 1.05. The van der Waals surface area contributed by atoms with E-state index >= 15 is 0 Å². The Morgan fingerprint density at radius 2 is 1.74 bits per heavy atom. The van der Waals surface area contributed by atoms with Crippen LogP contribution in [0.15, 0.2) is 47.3 Å². The maximum Gasteiger partial charge on any atom is 0.257 e. The van der Waals surface area contributed by atoms with E-state index in [1.54, 1.807) is 24.5 Å². The van der Waals surface area contributed by atoms with Crippen molar-refractivity contribution in [3.63, 3.8) is 0 Å². The monoisotopic (exact) mass is 257 g/mol. The number of aromatic nitrogens is 1. The molecule has 0 spiro atoms. The lowest BCUT2D eigenvalue weighted by Gasteiger charge is -2.20. The van der Waals surface area contributed by atoms with Gasteiger partial charge in [0.15, 0.2) is 0 Å². The van der Waals surface area contributed by atoms with Gasteiger partial charge in [0.25, 0.3) is 5.56 Å². The van der Waals surface area contributed by atoms with Gasteiger partial charge in [-0.25, -0.2) is 0 Å². The molecule has 2 aromatic rings. The molecule has 0 amide bonds. The summed E-state index contributed by atoms with van der Waals surface area (Å²) in [5.74, 6) is 0. The summed E-state index contributed by atoms with van der Waals surface area (Å²) in [4.78, 5) is 12.4. The normalized spacial score (nSPS) is 11.6. The number of nitrogens with zero attached hydrogens (tertiary/aromatic N) is 1. The van der Waals surface area contributed by atoms with Crippen LogP contribution >= 0.6 is 0 Å². The molecule has 0 saturated carbocycles. The average Bonchev–Trinajstić information content (AvgIpc) is 2.37. The lowest BCUT2D eigenvalue weighted by Crippen LogP contribution is -2.32. The van der Waals surface area contributed by atoms with Gasteiger partial charge in [0.2, 0.25) is 0 Å². The Labute approximate surface area is 113 Å². The van der Waals surface area contributed by atoms with Crippen LogP contribution in [-0.2, 0) is 12.1 Å². The van der Waals surface area contributed by atoms with Crippen LogP contribution in [0, 0.1) is 0 Å². The van der Waals surface area contributed by atoms with Crippen molar-refractivity contribution in [2.75, 3.05) is 0 Å². The lowest BCUT2D eigenvalue weighted by molar-refractivity contribution is 0.0765. The summed E-state index contributed by atoms with van der Waals surface area (Å²) in [6, 6.07) is 13.4. The van der Waals surface area contributed by atoms with Gasteiger partial charge < -0.3 is 9.67 Å². The van der Waals surface area contributed by atoms with Crippen molar-refractivity contribution < 1.29 is 5.11 Å². The molecule has 3 heteroatoms. The first-order valence-corrected chi connectivity index (χ1v) is 6.47. The van der Waals surface area contributed by atoms with E-state index in [0.717, 1.165) is 11.3 Å². The van der Waals surface area contributed by atoms with Crippen molar-refractivity contribution in [2.24, 2.45) is 0 Å². The highest BCUT2D eigenvalue weighted by atomic mass is 16.3. The highest BCUT2D eigenvalue weighted by molar-refractivity contribution is 5.59. The van der Waals surface area contributed by atoms with Crippen molar-refractivity contribution in [1.82, 2.24) is 4.57 Å². The SMILES string of the molecule is CCn1c(-c2ccccc2)ccc(C(C)(C)O)c1=O. The van der Waals surface area contributed by atoms with E-state index in [2.05, 4.69) is 0 Å². The molecule has 0 radical (unpaired) electrons. The van der Waals surface area contributed by atoms with Crippen LogP contribution in [0.5, 0.6) is 0 Å². The highest BCUT2D eigenvalue weighted by Crippen LogP contribution is 2.21. The topological polar surface area (TPSA) is 42.2 Å². The average molecular weight is 257 g/mol. The van der Waals surface area contributed by atoms with E-state index in [1.807, 2.05) is 43.3 Å². The summed E-state index contributed by atoms with van der Waals surface area (Å²) >= 11 is 0. The molecule has 0 atom stereocenters. The molecule has 0 aliphatic rings. The molecule has 100 valence electrons. The third-order valence-electron chi connectivity index (χ3n) is 3.22. The molecule has 1 N–H and O–H groups in total. The van der Waals surface area contributed by atoms with Crippen molar-refractivity contribution in [1.29, 1.82) is 0 Å². The van der Waals surface area contributed by atoms with Gasteiger partial charge in [-0.05, 0) is 38.5 Å². The smallest absolute Gasteiger partial charge is 0.257 e. The molecule has 0 aliphatic heterocycles. The van der Waals surface area contributed by atoms with E-state index in [4.69, 9.17) is 0 Å². The number of aliphatic hydroxyl groups is 1. The van der Waals surface area contributed by atoms with Gasteiger partial charge in [-0.1, -0.05) is 30.3 Å². The fourth-order valence-corrected chi connectivity index (χ4v) is 2.22. The highest BCUT2D eigenvalue weighted by Gasteiger charge is 2.21. The maximum absolute atomic E-state index is 12.4. The van der Waals surface area contributed by atoms with Crippen molar-refractivity contribution in [3.8, 4) is 11.3 Å². The molecule has 1 aromatic carbocycles. The zero-order valence-corrected chi connectivity index (χ0v) is 11.6. The molecular weight excluding hydrogens is 238 g/mol. The number of rotatable bonds is 3. The van der Waals surface area contributed by atoms with Gasteiger partial charge in [-0.2, -0.15) is 0 Å². The Balaban J connectivity index is 2.67. The van der Waals surface area contributed by atoms with E-state index in [-0.39, 0.29) is 5.56 Å². The van der Waals surface area contributed by atoms with Crippen molar-refractivity contribution in [3.05, 3.63) is 58.4 Å². The van der Waals surface area contributed by atoms with Crippen LogP contribution in [-0.4, -0.2) is 9.67 Å². The van der Waals surface area contributed by atoms with Gasteiger partial charge >= 0.3 is 0 Å². The molecule has 2 rings (SSSR count). The Morgan fingerprint density at radius 3 is 2.26 bits per heavy atom. The number of hydrogen-bond donors (Lipinski definition) is 1. The number of pyridine rings is 1. The van der Waals surface area contributed by atoms with Gasteiger partial charge in [0.05, 0.1) is 11.3 Å². The second kappa shape index (κ2) is 5.02. The van der Waals surface area contributed by atoms with Crippen LogP contribution in [0.3, 0.4) is 0 Å². The van der Waals surface area contributed by atoms with Gasteiger partial charge in [0.1, 0.15) is 0 Å². The van der Waals surface area contributed by atoms with Crippen molar-refractivity contribution in [2.45, 2.75) is 32.9 Å². The largest absolute Gasteiger partial charge is 0.386 e. The van der Waals surface area contributed by atoms with Gasteiger partial charge in [0, 0.05) is 12.1 Å². The van der Waals surface area contributed by atoms with E-state index < -0.39 is 5.60 Å². The first-order valence-electron chi connectivity index (χ1n) is 6.47. The second-order valence-electron chi connectivity index (χ2n) is 5.11. The Morgan fingerprint density at radius 1 is 1.11 bits per heavy atom. The van der Waals surface area contributed by atoms with Gasteiger partial charge in [-0.3, -0.25) is 4.79 Å². The predicted octanol–water partition coefficient (Wildman–Crippen LogP) is 2.76. The quantitative estimate of drug-likeness (QED) is 0.918. The van der Waals surface area contributed by atoms with Crippen LogP contribution in [0.1, 0.15) is 26.3 Å². The number of hydrogen-bond acceptors (Lipinski definition) is 2. The van der Waals surface area contributed by atoms with Crippen LogP contribution in [0.4, 0.5) is 0 Å². The summed E-state index contributed by atoms with van der Waals surface area (Å²) in [6.07, 6.45) is 0. The second-order valence-corrected chi connectivity index (χ2v) is 5.11. The molecule has 1 aromatic heterocycles. The Bertz CT molecular complexity index is 621. The predicted molar refractivity (Wildman–Crippen MR) is 77.1 cm³/mol. The Kier molecular flexibility index (Phi) is 3.58. The minimum absolute atomic E-state index is 0.128. The zero-order valence-electron chi connectivity index (χ0n) is 11.6.